The van der Waals surface area contributed by atoms with Crippen LogP contribution in [0.2, 0.25) is 0 Å². The molecule has 126 valence electrons. The van der Waals surface area contributed by atoms with E-state index < -0.39 is 11.7 Å². The summed E-state index contributed by atoms with van der Waals surface area (Å²) < 4.78 is 12.8. The number of nitrogens with zero attached hydrogens (tertiary/aromatic N) is 1. The van der Waals surface area contributed by atoms with E-state index in [4.69, 9.17) is 0 Å². The van der Waals surface area contributed by atoms with E-state index in [0.29, 0.717) is 12.1 Å². The molecule has 0 fully saturated rings. The van der Waals surface area contributed by atoms with Crippen LogP contribution in [0.15, 0.2) is 42.5 Å². The van der Waals surface area contributed by atoms with Gasteiger partial charge < -0.3 is 10.2 Å². The minimum atomic E-state index is -0.407. The van der Waals surface area contributed by atoms with Crippen LogP contribution in [0.4, 0.5) is 4.39 Å². The summed E-state index contributed by atoms with van der Waals surface area (Å²) in [5.41, 5.74) is 3.70. The summed E-state index contributed by atoms with van der Waals surface area (Å²) in [5.74, 6) is -0.996. The molecular formula is C19H21FN2O2. The molecule has 2 rings (SSSR count). The lowest BCUT2D eigenvalue weighted by molar-refractivity contribution is -0.129. The monoisotopic (exact) mass is 328 g/mol. The standard InChI is InChI=1S/C19H21FN2O2/c1-13-4-5-16(14(2)10-13)12-22(3)18(23)11-21-19(24)15-6-8-17(20)9-7-15/h4-10H,11-12H2,1-3H3,(H,21,24). The number of carbonyl (C=O) groups is 2. The number of rotatable bonds is 5. The van der Waals surface area contributed by atoms with E-state index >= 15 is 0 Å². The molecule has 2 aromatic carbocycles. The lowest BCUT2D eigenvalue weighted by atomic mass is 10.1. The third kappa shape index (κ3) is 4.65. The van der Waals surface area contributed by atoms with Crippen LogP contribution in [0.25, 0.3) is 0 Å². The maximum Gasteiger partial charge on any atom is 0.251 e. The Labute approximate surface area is 141 Å². The Hall–Kier alpha value is -2.69. The summed E-state index contributed by atoms with van der Waals surface area (Å²) in [6, 6.07) is 11.3. The highest BCUT2D eigenvalue weighted by Gasteiger charge is 2.13. The number of hydrogen-bond donors (Lipinski definition) is 1. The molecular weight excluding hydrogens is 307 g/mol. The maximum atomic E-state index is 12.8. The van der Waals surface area contributed by atoms with Gasteiger partial charge in [-0.3, -0.25) is 9.59 Å². The van der Waals surface area contributed by atoms with Crippen LogP contribution in [0.5, 0.6) is 0 Å². The third-order valence-corrected chi connectivity index (χ3v) is 3.84. The molecule has 0 bridgehead atoms. The summed E-state index contributed by atoms with van der Waals surface area (Å²) in [6.45, 7) is 4.42. The van der Waals surface area contributed by atoms with Crippen molar-refractivity contribution in [3.05, 3.63) is 70.5 Å². The second-order valence-electron chi connectivity index (χ2n) is 5.87. The summed E-state index contributed by atoms with van der Waals surface area (Å²) in [4.78, 5) is 25.7. The van der Waals surface area contributed by atoms with E-state index in [9.17, 15) is 14.0 Å². The lowest BCUT2D eigenvalue weighted by Gasteiger charge is -2.19. The lowest BCUT2D eigenvalue weighted by Crippen LogP contribution is -2.37. The Kier molecular flexibility index (Phi) is 5.68. The second-order valence-corrected chi connectivity index (χ2v) is 5.87. The molecule has 24 heavy (non-hydrogen) atoms. The second kappa shape index (κ2) is 7.73. The summed E-state index contributed by atoms with van der Waals surface area (Å²) in [5, 5.41) is 2.56. The van der Waals surface area contributed by atoms with Gasteiger partial charge in [0.2, 0.25) is 5.91 Å². The predicted octanol–water partition coefficient (Wildman–Crippen LogP) is 2.83. The highest BCUT2D eigenvalue weighted by molar-refractivity contribution is 5.96. The molecule has 0 radical (unpaired) electrons. The molecule has 2 aromatic rings. The molecule has 0 aliphatic heterocycles. The van der Waals surface area contributed by atoms with E-state index in [1.807, 2.05) is 26.0 Å². The number of benzene rings is 2. The quantitative estimate of drug-likeness (QED) is 0.917. The first kappa shape index (κ1) is 17.7. The van der Waals surface area contributed by atoms with Crippen LogP contribution in [-0.2, 0) is 11.3 Å². The predicted molar refractivity (Wildman–Crippen MR) is 91.1 cm³/mol. The Balaban J connectivity index is 1.89. The third-order valence-electron chi connectivity index (χ3n) is 3.84. The van der Waals surface area contributed by atoms with Crippen molar-refractivity contribution in [2.45, 2.75) is 20.4 Å². The molecule has 0 atom stereocenters. The average Bonchev–Trinajstić information content (AvgIpc) is 2.55. The molecule has 0 unspecified atom stereocenters. The minimum absolute atomic E-state index is 0.0996. The van der Waals surface area contributed by atoms with Gasteiger partial charge in [0.05, 0.1) is 6.54 Å². The number of likely N-dealkylation sites (N-methyl/N-ethyl adjacent to an activating group) is 1. The van der Waals surface area contributed by atoms with E-state index in [2.05, 4.69) is 11.4 Å². The SMILES string of the molecule is Cc1ccc(CN(C)C(=O)CNC(=O)c2ccc(F)cc2)c(C)c1. The Morgan fingerprint density at radius 1 is 1.08 bits per heavy atom. The molecule has 5 heteroatoms. The van der Waals surface area contributed by atoms with Crippen LogP contribution in [-0.4, -0.2) is 30.3 Å². The Bertz CT molecular complexity index is 742. The Morgan fingerprint density at radius 3 is 2.38 bits per heavy atom. The molecule has 4 nitrogen and oxygen atoms in total. The maximum absolute atomic E-state index is 12.8. The van der Waals surface area contributed by atoms with Gasteiger partial charge in [0.15, 0.2) is 0 Å². The van der Waals surface area contributed by atoms with Gasteiger partial charge in [-0.25, -0.2) is 4.39 Å². The van der Waals surface area contributed by atoms with Gasteiger partial charge in [-0.05, 0) is 49.2 Å². The summed E-state index contributed by atoms with van der Waals surface area (Å²) >= 11 is 0. The molecule has 0 aliphatic rings. The van der Waals surface area contributed by atoms with Crippen molar-refractivity contribution < 1.29 is 14.0 Å². The van der Waals surface area contributed by atoms with Crippen molar-refractivity contribution in [1.82, 2.24) is 10.2 Å². The van der Waals surface area contributed by atoms with Crippen molar-refractivity contribution in [3.8, 4) is 0 Å². The first-order valence-corrected chi connectivity index (χ1v) is 7.70. The van der Waals surface area contributed by atoms with Crippen LogP contribution in [0, 0.1) is 19.7 Å². The van der Waals surface area contributed by atoms with Crippen LogP contribution in [0.1, 0.15) is 27.0 Å². The van der Waals surface area contributed by atoms with Crippen molar-refractivity contribution >= 4 is 11.8 Å². The number of aryl methyl sites for hydroxylation is 2. The Morgan fingerprint density at radius 2 is 1.75 bits per heavy atom. The number of halogens is 1. The van der Waals surface area contributed by atoms with Crippen LogP contribution in [0.3, 0.4) is 0 Å². The highest BCUT2D eigenvalue weighted by atomic mass is 19.1. The number of carbonyl (C=O) groups excluding carboxylic acids is 2. The van der Waals surface area contributed by atoms with E-state index in [-0.39, 0.29) is 12.5 Å². The van der Waals surface area contributed by atoms with Gasteiger partial charge in [0.1, 0.15) is 5.82 Å². The molecule has 0 heterocycles. The fourth-order valence-electron chi connectivity index (χ4n) is 2.36. The van der Waals surface area contributed by atoms with Crippen LogP contribution < -0.4 is 5.32 Å². The minimum Gasteiger partial charge on any atom is -0.343 e. The van der Waals surface area contributed by atoms with Crippen molar-refractivity contribution in [3.63, 3.8) is 0 Å². The average molecular weight is 328 g/mol. The number of nitrogens with one attached hydrogen (secondary N) is 1. The zero-order chi connectivity index (χ0) is 17.7. The molecule has 0 aliphatic carbocycles. The number of hydrogen-bond acceptors (Lipinski definition) is 2. The summed E-state index contributed by atoms with van der Waals surface area (Å²) in [7, 11) is 1.70. The van der Waals surface area contributed by atoms with Crippen LogP contribution >= 0.6 is 0 Å². The fraction of sp³-hybridized carbons (Fsp3) is 0.263. The smallest absolute Gasteiger partial charge is 0.251 e. The van der Waals surface area contributed by atoms with Crippen molar-refractivity contribution in [2.24, 2.45) is 0 Å². The number of amides is 2. The van der Waals surface area contributed by atoms with Gasteiger partial charge in [0, 0.05) is 19.2 Å². The van der Waals surface area contributed by atoms with Gasteiger partial charge in [-0.1, -0.05) is 23.8 Å². The first-order valence-electron chi connectivity index (χ1n) is 7.70. The zero-order valence-corrected chi connectivity index (χ0v) is 14.1. The zero-order valence-electron chi connectivity index (χ0n) is 14.1. The summed E-state index contributed by atoms with van der Waals surface area (Å²) in [6.07, 6.45) is 0. The molecule has 0 saturated heterocycles. The molecule has 0 aromatic heterocycles. The normalized spacial score (nSPS) is 10.3. The van der Waals surface area contributed by atoms with Crippen molar-refractivity contribution in [1.29, 1.82) is 0 Å². The molecule has 0 saturated carbocycles. The van der Waals surface area contributed by atoms with Gasteiger partial charge in [-0.15, -0.1) is 0 Å². The molecule has 0 spiro atoms. The van der Waals surface area contributed by atoms with E-state index in [1.54, 1.807) is 11.9 Å². The van der Waals surface area contributed by atoms with E-state index in [0.717, 1.165) is 11.1 Å². The van der Waals surface area contributed by atoms with Crippen molar-refractivity contribution in [2.75, 3.05) is 13.6 Å². The van der Waals surface area contributed by atoms with E-state index in [1.165, 1.54) is 29.8 Å². The highest BCUT2D eigenvalue weighted by Crippen LogP contribution is 2.12. The topological polar surface area (TPSA) is 49.4 Å². The molecule has 2 amide bonds. The van der Waals surface area contributed by atoms with Gasteiger partial charge >= 0.3 is 0 Å². The molecule has 1 N–H and O–H groups in total. The van der Waals surface area contributed by atoms with Gasteiger partial charge in [0.25, 0.3) is 5.91 Å². The fourth-order valence-corrected chi connectivity index (χ4v) is 2.36. The van der Waals surface area contributed by atoms with Gasteiger partial charge in [-0.2, -0.15) is 0 Å². The first-order chi connectivity index (χ1) is 11.4. The largest absolute Gasteiger partial charge is 0.343 e.